The van der Waals surface area contributed by atoms with Gasteiger partial charge in [-0.05, 0) is 36.8 Å². The summed E-state index contributed by atoms with van der Waals surface area (Å²) in [5.74, 6) is 0. The quantitative estimate of drug-likeness (QED) is 0.716. The molecular weight excluding hydrogens is 374 g/mol. The molecule has 2 heterocycles. The van der Waals surface area contributed by atoms with Crippen LogP contribution in [0.2, 0.25) is 0 Å². The number of hydrogen-bond acceptors (Lipinski definition) is 6. The van der Waals surface area contributed by atoms with Crippen molar-refractivity contribution in [3.05, 3.63) is 53.4 Å². The van der Waals surface area contributed by atoms with Crippen LogP contribution in [0.3, 0.4) is 0 Å². The van der Waals surface area contributed by atoms with Gasteiger partial charge in [0, 0.05) is 49.8 Å². The van der Waals surface area contributed by atoms with Crippen molar-refractivity contribution in [1.82, 2.24) is 20.2 Å². The van der Waals surface area contributed by atoms with Crippen molar-refractivity contribution in [3.63, 3.8) is 0 Å². The molecule has 1 aromatic rings. The van der Waals surface area contributed by atoms with Crippen LogP contribution in [-0.4, -0.2) is 72.0 Å². The SMILES string of the molecule is COC(=O)N1CCN(Cc2cccc(NC(=O)NC3=CC=C(C)N(O)C3)c2)CC1. The maximum atomic E-state index is 12.3. The fraction of sp³-hybridized carbons (Fsp3) is 0.400. The lowest BCUT2D eigenvalue weighted by Crippen LogP contribution is -2.48. The third-order valence-corrected chi connectivity index (χ3v) is 4.92. The van der Waals surface area contributed by atoms with Crippen molar-refractivity contribution >= 4 is 17.8 Å². The predicted molar refractivity (Wildman–Crippen MR) is 108 cm³/mol. The normalized spacial score (nSPS) is 17.3. The Bertz CT molecular complexity index is 815. The first-order valence-corrected chi connectivity index (χ1v) is 9.50. The second kappa shape index (κ2) is 9.44. The number of nitrogens with zero attached hydrogens (tertiary/aromatic N) is 3. The fourth-order valence-electron chi connectivity index (χ4n) is 3.26. The highest BCUT2D eigenvalue weighted by atomic mass is 16.5. The predicted octanol–water partition coefficient (Wildman–Crippen LogP) is 2.18. The Labute approximate surface area is 170 Å². The number of benzene rings is 1. The topological polar surface area (TPSA) is 97.4 Å². The Balaban J connectivity index is 1.51. The third kappa shape index (κ3) is 5.72. The number of hydroxylamine groups is 2. The smallest absolute Gasteiger partial charge is 0.409 e. The molecule has 0 radical (unpaired) electrons. The number of anilines is 1. The first kappa shape index (κ1) is 20.7. The van der Waals surface area contributed by atoms with Crippen molar-refractivity contribution in [3.8, 4) is 0 Å². The molecule has 0 aliphatic carbocycles. The molecule has 0 saturated carbocycles. The van der Waals surface area contributed by atoms with Crippen molar-refractivity contribution < 1.29 is 19.5 Å². The summed E-state index contributed by atoms with van der Waals surface area (Å²) in [7, 11) is 1.39. The van der Waals surface area contributed by atoms with Gasteiger partial charge < -0.3 is 20.3 Å². The van der Waals surface area contributed by atoms with E-state index in [1.165, 1.54) is 7.11 Å². The van der Waals surface area contributed by atoms with Crippen LogP contribution in [0, 0.1) is 0 Å². The number of hydrogen-bond donors (Lipinski definition) is 3. The number of methoxy groups -OCH3 is 1. The monoisotopic (exact) mass is 401 g/mol. The zero-order chi connectivity index (χ0) is 20.8. The van der Waals surface area contributed by atoms with Gasteiger partial charge in [-0.1, -0.05) is 12.1 Å². The van der Waals surface area contributed by atoms with E-state index in [0.29, 0.717) is 24.5 Å². The standard InChI is InChI=1S/C20H27N5O4/c1-15-6-7-18(14-25(15)28)22-19(26)21-17-5-3-4-16(12-17)13-23-8-10-24(11-9-23)20(27)29-2/h3-7,12,28H,8-11,13-14H2,1-2H3,(H2,21,22,26). The lowest BCUT2D eigenvalue weighted by atomic mass is 10.1. The Morgan fingerprint density at radius 3 is 2.59 bits per heavy atom. The summed E-state index contributed by atoms with van der Waals surface area (Å²) in [6.07, 6.45) is 3.22. The number of ether oxygens (including phenoxy) is 1. The lowest BCUT2D eigenvalue weighted by Gasteiger charge is -2.33. The van der Waals surface area contributed by atoms with Gasteiger partial charge in [0.2, 0.25) is 0 Å². The molecule has 1 saturated heterocycles. The first-order chi connectivity index (χ1) is 13.9. The number of carbonyl (C=O) groups is 2. The average molecular weight is 401 g/mol. The van der Waals surface area contributed by atoms with Gasteiger partial charge in [0.05, 0.1) is 13.7 Å². The number of nitrogens with one attached hydrogen (secondary N) is 2. The molecular formula is C20H27N5O4. The van der Waals surface area contributed by atoms with Crippen molar-refractivity contribution in [2.75, 3.05) is 45.2 Å². The summed E-state index contributed by atoms with van der Waals surface area (Å²) in [5.41, 5.74) is 3.09. The summed E-state index contributed by atoms with van der Waals surface area (Å²) in [6.45, 7) is 5.57. The molecule has 0 aromatic heterocycles. The highest BCUT2D eigenvalue weighted by molar-refractivity contribution is 5.90. The van der Waals surface area contributed by atoms with E-state index in [-0.39, 0.29) is 18.7 Å². The molecule has 1 fully saturated rings. The maximum Gasteiger partial charge on any atom is 0.409 e. The van der Waals surface area contributed by atoms with Crippen LogP contribution in [0.5, 0.6) is 0 Å². The molecule has 0 atom stereocenters. The highest BCUT2D eigenvalue weighted by Crippen LogP contribution is 2.15. The van der Waals surface area contributed by atoms with Crippen LogP contribution in [-0.2, 0) is 11.3 Å². The Morgan fingerprint density at radius 1 is 1.14 bits per heavy atom. The maximum absolute atomic E-state index is 12.3. The molecule has 2 aliphatic heterocycles. The number of rotatable bonds is 4. The van der Waals surface area contributed by atoms with E-state index in [1.807, 2.05) is 24.3 Å². The zero-order valence-corrected chi connectivity index (χ0v) is 16.7. The lowest BCUT2D eigenvalue weighted by molar-refractivity contribution is -0.0484. The van der Waals surface area contributed by atoms with Crippen LogP contribution in [0.4, 0.5) is 15.3 Å². The molecule has 1 aromatic carbocycles. The van der Waals surface area contributed by atoms with Crippen molar-refractivity contribution in [2.24, 2.45) is 0 Å². The minimum Gasteiger partial charge on any atom is -0.453 e. The van der Waals surface area contributed by atoms with Gasteiger partial charge in [0.1, 0.15) is 0 Å². The van der Waals surface area contributed by atoms with Gasteiger partial charge in [0.25, 0.3) is 0 Å². The first-order valence-electron chi connectivity index (χ1n) is 9.50. The molecule has 9 heteroatoms. The number of urea groups is 1. The van der Waals surface area contributed by atoms with E-state index >= 15 is 0 Å². The molecule has 0 bridgehead atoms. The zero-order valence-electron chi connectivity index (χ0n) is 16.7. The summed E-state index contributed by atoms with van der Waals surface area (Å²) in [5, 5.41) is 16.4. The molecule has 3 amide bonds. The second-order valence-corrected chi connectivity index (χ2v) is 7.07. The molecule has 156 valence electrons. The van der Waals surface area contributed by atoms with Crippen LogP contribution >= 0.6 is 0 Å². The summed E-state index contributed by atoms with van der Waals surface area (Å²) >= 11 is 0. The fourth-order valence-corrected chi connectivity index (χ4v) is 3.26. The minimum atomic E-state index is -0.360. The highest BCUT2D eigenvalue weighted by Gasteiger charge is 2.21. The average Bonchev–Trinajstić information content (AvgIpc) is 2.71. The van der Waals surface area contributed by atoms with Gasteiger partial charge in [0.15, 0.2) is 0 Å². The minimum absolute atomic E-state index is 0.230. The van der Waals surface area contributed by atoms with Gasteiger partial charge in [-0.2, -0.15) is 0 Å². The van der Waals surface area contributed by atoms with Crippen molar-refractivity contribution in [1.29, 1.82) is 0 Å². The van der Waals surface area contributed by atoms with Gasteiger partial charge in [-0.25, -0.2) is 9.59 Å². The molecule has 9 nitrogen and oxygen atoms in total. The second-order valence-electron chi connectivity index (χ2n) is 7.07. The molecule has 3 N–H and O–H groups in total. The van der Waals surface area contributed by atoms with E-state index in [1.54, 1.807) is 24.0 Å². The van der Waals surface area contributed by atoms with E-state index in [0.717, 1.165) is 36.0 Å². The van der Waals surface area contributed by atoms with Gasteiger partial charge in [-0.15, -0.1) is 0 Å². The number of amides is 3. The van der Waals surface area contributed by atoms with E-state index in [4.69, 9.17) is 4.74 Å². The third-order valence-electron chi connectivity index (χ3n) is 4.92. The van der Waals surface area contributed by atoms with Gasteiger partial charge in [-0.3, -0.25) is 15.2 Å². The largest absolute Gasteiger partial charge is 0.453 e. The Kier molecular flexibility index (Phi) is 6.73. The summed E-state index contributed by atoms with van der Waals surface area (Å²) in [4.78, 5) is 27.8. The summed E-state index contributed by atoms with van der Waals surface area (Å²) < 4.78 is 4.76. The van der Waals surface area contributed by atoms with Crippen molar-refractivity contribution in [2.45, 2.75) is 13.5 Å². The van der Waals surface area contributed by atoms with Crippen LogP contribution in [0.15, 0.2) is 47.8 Å². The Hall–Kier alpha value is -3.04. The van der Waals surface area contributed by atoms with E-state index in [9.17, 15) is 14.8 Å². The number of allylic oxidation sites excluding steroid dienone is 3. The van der Waals surface area contributed by atoms with Crippen LogP contribution in [0.25, 0.3) is 0 Å². The molecule has 3 rings (SSSR count). The van der Waals surface area contributed by atoms with Gasteiger partial charge >= 0.3 is 12.1 Å². The molecule has 29 heavy (non-hydrogen) atoms. The van der Waals surface area contributed by atoms with E-state index in [2.05, 4.69) is 15.5 Å². The van der Waals surface area contributed by atoms with Crippen LogP contribution in [0.1, 0.15) is 12.5 Å². The molecule has 0 unspecified atom stereocenters. The number of carbonyl (C=O) groups excluding carboxylic acids is 2. The summed E-state index contributed by atoms with van der Waals surface area (Å²) in [6, 6.07) is 7.31. The Morgan fingerprint density at radius 2 is 1.90 bits per heavy atom. The molecule has 0 spiro atoms. The van der Waals surface area contributed by atoms with Crippen LogP contribution < -0.4 is 10.6 Å². The van der Waals surface area contributed by atoms with E-state index < -0.39 is 0 Å². The molecule has 2 aliphatic rings. The number of piperazine rings is 1.